The molecule has 0 saturated carbocycles. The van der Waals surface area contributed by atoms with Crippen molar-refractivity contribution in [3.63, 3.8) is 0 Å². The van der Waals surface area contributed by atoms with E-state index in [1.54, 1.807) is 29.1 Å². The van der Waals surface area contributed by atoms with E-state index in [1.165, 1.54) is 0 Å². The van der Waals surface area contributed by atoms with Gasteiger partial charge in [0.1, 0.15) is 5.69 Å². The van der Waals surface area contributed by atoms with E-state index in [9.17, 15) is 4.21 Å². The van der Waals surface area contributed by atoms with Crippen LogP contribution in [0.2, 0.25) is 10.0 Å². The molecule has 0 spiro atoms. The highest BCUT2D eigenvalue weighted by molar-refractivity contribution is 7.83. The maximum absolute atomic E-state index is 11.4. The predicted octanol–water partition coefficient (Wildman–Crippen LogP) is 4.06. The van der Waals surface area contributed by atoms with E-state index < -0.39 is 10.8 Å². The van der Waals surface area contributed by atoms with E-state index in [0.717, 1.165) is 22.6 Å². The molecular weight excluding hydrogens is 379 g/mol. The van der Waals surface area contributed by atoms with E-state index in [2.05, 4.69) is 15.6 Å². The Bertz CT molecular complexity index is 896. The average molecular weight is 395 g/mol. The molecule has 25 heavy (non-hydrogen) atoms. The molecule has 0 aliphatic heterocycles. The second-order valence-corrected chi connectivity index (χ2v) is 7.79. The normalized spacial score (nSPS) is 12.1. The lowest BCUT2D eigenvalue weighted by atomic mass is 10.2. The number of nitrogens with one attached hydrogen (secondary N) is 1. The second kappa shape index (κ2) is 7.99. The van der Waals surface area contributed by atoms with Gasteiger partial charge in [-0.05, 0) is 42.0 Å². The highest BCUT2D eigenvalue weighted by Gasteiger charge is 2.06. The van der Waals surface area contributed by atoms with Crippen LogP contribution in [-0.4, -0.2) is 25.5 Å². The number of rotatable bonds is 6. The molecule has 0 amide bonds. The fourth-order valence-electron chi connectivity index (χ4n) is 2.32. The van der Waals surface area contributed by atoms with Gasteiger partial charge in [0, 0.05) is 27.8 Å². The van der Waals surface area contributed by atoms with Crippen molar-refractivity contribution < 1.29 is 4.21 Å². The van der Waals surface area contributed by atoms with Crippen LogP contribution in [0, 0.1) is 0 Å². The van der Waals surface area contributed by atoms with Crippen LogP contribution in [0.5, 0.6) is 0 Å². The molecule has 3 rings (SSSR count). The number of nitrogens with zero attached hydrogens (tertiary/aromatic N) is 3. The van der Waals surface area contributed by atoms with Crippen molar-refractivity contribution in [2.75, 3.05) is 11.6 Å². The molecule has 1 aromatic heterocycles. The van der Waals surface area contributed by atoms with Gasteiger partial charge in [0.2, 0.25) is 0 Å². The minimum atomic E-state index is -0.897. The van der Waals surface area contributed by atoms with Crippen LogP contribution in [0.1, 0.15) is 11.3 Å². The first-order chi connectivity index (χ1) is 12.0. The maximum Gasteiger partial charge on any atom is 0.102 e. The highest BCUT2D eigenvalue weighted by Crippen LogP contribution is 2.24. The van der Waals surface area contributed by atoms with Gasteiger partial charge in [-0.15, -0.1) is 5.10 Å². The minimum Gasteiger partial charge on any atom is -0.378 e. The highest BCUT2D eigenvalue weighted by atomic mass is 35.5. The zero-order valence-corrected chi connectivity index (χ0v) is 15.8. The molecule has 0 aliphatic carbocycles. The topological polar surface area (TPSA) is 59.8 Å². The van der Waals surface area contributed by atoms with Crippen LogP contribution in [-0.2, 0) is 23.1 Å². The summed E-state index contributed by atoms with van der Waals surface area (Å²) in [6.07, 6.45) is 3.52. The second-order valence-electron chi connectivity index (χ2n) is 5.52. The van der Waals surface area contributed by atoms with Gasteiger partial charge in [-0.2, -0.15) is 0 Å². The molecule has 0 fully saturated rings. The van der Waals surface area contributed by atoms with Crippen LogP contribution in [0.4, 0.5) is 5.69 Å². The van der Waals surface area contributed by atoms with Crippen LogP contribution >= 0.6 is 23.2 Å². The maximum atomic E-state index is 11.4. The molecule has 8 heteroatoms. The monoisotopic (exact) mass is 394 g/mol. The largest absolute Gasteiger partial charge is 0.378 e. The Hall–Kier alpha value is -1.89. The van der Waals surface area contributed by atoms with Crippen molar-refractivity contribution in [1.82, 2.24) is 15.0 Å². The third-order valence-corrected chi connectivity index (χ3v) is 4.81. The Kier molecular flexibility index (Phi) is 5.73. The fraction of sp³-hybridized carbons (Fsp3) is 0.176. The summed E-state index contributed by atoms with van der Waals surface area (Å²) in [6, 6.07) is 13.0. The Labute approximate surface area is 158 Å². The summed E-state index contributed by atoms with van der Waals surface area (Å²) in [7, 11) is -0.897. The quantitative estimate of drug-likeness (QED) is 0.684. The lowest BCUT2D eigenvalue weighted by molar-refractivity contribution is 0.686. The van der Waals surface area contributed by atoms with Crippen molar-refractivity contribution in [1.29, 1.82) is 0 Å². The van der Waals surface area contributed by atoms with Gasteiger partial charge in [0.25, 0.3) is 0 Å². The van der Waals surface area contributed by atoms with Crippen molar-refractivity contribution >= 4 is 39.7 Å². The third-order valence-electron chi connectivity index (χ3n) is 3.49. The summed E-state index contributed by atoms with van der Waals surface area (Å²) in [5.41, 5.74) is 3.41. The molecule has 0 saturated heterocycles. The lowest BCUT2D eigenvalue weighted by Crippen LogP contribution is -2.02. The molecule has 0 bridgehead atoms. The molecule has 3 aromatic rings. The number of hydrogen-bond acceptors (Lipinski definition) is 4. The van der Waals surface area contributed by atoms with Gasteiger partial charge in [-0.1, -0.05) is 34.5 Å². The number of halogens is 2. The fourth-order valence-corrected chi connectivity index (χ4v) is 3.28. The molecule has 130 valence electrons. The number of hydrogen-bond donors (Lipinski definition) is 1. The number of aromatic nitrogens is 3. The summed E-state index contributed by atoms with van der Waals surface area (Å²) < 4.78 is 13.1. The van der Waals surface area contributed by atoms with Crippen molar-refractivity contribution in [3.8, 4) is 5.69 Å². The molecule has 0 radical (unpaired) electrons. The van der Waals surface area contributed by atoms with Gasteiger partial charge in [-0.3, -0.25) is 4.21 Å². The van der Waals surface area contributed by atoms with Crippen LogP contribution in [0.15, 0.2) is 48.7 Å². The Balaban J connectivity index is 1.70. The van der Waals surface area contributed by atoms with Crippen molar-refractivity contribution in [2.45, 2.75) is 12.3 Å². The summed E-state index contributed by atoms with van der Waals surface area (Å²) in [5, 5.41) is 12.8. The molecule has 1 N–H and O–H groups in total. The first-order valence-electron chi connectivity index (χ1n) is 7.51. The SMILES string of the molecule is CS(=O)Cc1ccc(Cl)c(NCc2cn(-c3ccc(Cl)cc3)nn2)c1. The van der Waals surface area contributed by atoms with E-state index in [0.29, 0.717) is 22.3 Å². The number of anilines is 1. The van der Waals surface area contributed by atoms with E-state index in [-0.39, 0.29) is 0 Å². The molecule has 5 nitrogen and oxygen atoms in total. The zero-order chi connectivity index (χ0) is 17.8. The Morgan fingerprint density at radius 3 is 2.64 bits per heavy atom. The summed E-state index contributed by atoms with van der Waals surface area (Å²) in [6.45, 7) is 0.478. The number of benzene rings is 2. The first kappa shape index (κ1) is 17.9. The van der Waals surface area contributed by atoms with Gasteiger partial charge < -0.3 is 5.32 Å². The summed E-state index contributed by atoms with van der Waals surface area (Å²) in [5.74, 6) is 0.499. The smallest absolute Gasteiger partial charge is 0.102 e. The molecule has 0 aliphatic rings. The average Bonchev–Trinajstić information content (AvgIpc) is 3.04. The van der Waals surface area contributed by atoms with E-state index in [4.69, 9.17) is 23.2 Å². The Morgan fingerprint density at radius 2 is 1.92 bits per heavy atom. The standard InChI is InChI=1S/C17H16Cl2N4OS/c1-25(24)11-12-2-7-16(19)17(8-12)20-9-14-10-23(22-21-14)15-5-3-13(18)4-6-15/h2-8,10,20H,9,11H2,1H3. The first-order valence-corrected chi connectivity index (χ1v) is 9.99. The molecular formula is C17H16Cl2N4OS. The van der Waals surface area contributed by atoms with Gasteiger partial charge in [0.05, 0.1) is 29.1 Å². The van der Waals surface area contributed by atoms with Gasteiger partial charge >= 0.3 is 0 Å². The van der Waals surface area contributed by atoms with E-state index in [1.807, 2.05) is 30.5 Å². The third kappa shape index (κ3) is 4.81. The van der Waals surface area contributed by atoms with Gasteiger partial charge in [0.15, 0.2) is 0 Å². The van der Waals surface area contributed by atoms with Crippen LogP contribution in [0.3, 0.4) is 0 Å². The lowest BCUT2D eigenvalue weighted by Gasteiger charge is -2.09. The van der Waals surface area contributed by atoms with Crippen LogP contribution in [0.25, 0.3) is 5.69 Å². The molecule has 1 atom stereocenters. The van der Waals surface area contributed by atoms with Crippen molar-refractivity contribution in [3.05, 3.63) is 70.0 Å². The predicted molar refractivity (Wildman–Crippen MR) is 103 cm³/mol. The van der Waals surface area contributed by atoms with Crippen molar-refractivity contribution in [2.24, 2.45) is 0 Å². The molecule has 1 unspecified atom stereocenters. The zero-order valence-electron chi connectivity index (χ0n) is 13.4. The van der Waals surface area contributed by atoms with Crippen LogP contribution < -0.4 is 5.32 Å². The van der Waals surface area contributed by atoms with Gasteiger partial charge in [-0.25, -0.2) is 4.68 Å². The Morgan fingerprint density at radius 1 is 1.16 bits per heavy atom. The van der Waals surface area contributed by atoms with E-state index >= 15 is 0 Å². The minimum absolute atomic E-state index is 0.478. The molecule has 1 heterocycles. The summed E-state index contributed by atoms with van der Waals surface area (Å²) >= 11 is 12.1. The molecule has 2 aromatic carbocycles. The summed E-state index contributed by atoms with van der Waals surface area (Å²) in [4.78, 5) is 0.